The van der Waals surface area contributed by atoms with Crippen LogP contribution in [0.2, 0.25) is 0 Å². The van der Waals surface area contributed by atoms with Crippen molar-refractivity contribution in [1.29, 1.82) is 0 Å². The predicted octanol–water partition coefficient (Wildman–Crippen LogP) is 3.43. The smallest absolute Gasteiger partial charge is 0.213 e. The maximum absolute atomic E-state index is 9.70. The van der Waals surface area contributed by atoms with Crippen molar-refractivity contribution in [2.45, 2.75) is 58.2 Å². The molecule has 0 aliphatic heterocycles. The fourth-order valence-electron chi connectivity index (χ4n) is 2.66. The molecule has 24 heavy (non-hydrogen) atoms. The number of nitrogens with zero attached hydrogens (tertiary/aromatic N) is 1. The third kappa shape index (κ3) is 6.13. The van der Waals surface area contributed by atoms with Crippen LogP contribution in [0.25, 0.3) is 0 Å². The minimum absolute atomic E-state index is 0.0753. The third-order valence-corrected chi connectivity index (χ3v) is 3.99. The molecule has 1 atom stereocenters. The van der Waals surface area contributed by atoms with Gasteiger partial charge in [-0.3, -0.25) is 0 Å². The van der Waals surface area contributed by atoms with E-state index >= 15 is 0 Å². The molecule has 1 aliphatic rings. The van der Waals surface area contributed by atoms with Crippen molar-refractivity contribution < 1.29 is 19.3 Å². The van der Waals surface area contributed by atoms with Crippen LogP contribution in [-0.2, 0) is 4.74 Å². The first kappa shape index (κ1) is 18.7. The Kier molecular flexibility index (Phi) is 6.63. The Bertz CT molecular complexity index is 563. The first-order chi connectivity index (χ1) is 11.4. The van der Waals surface area contributed by atoms with Crippen molar-refractivity contribution in [3.63, 3.8) is 0 Å². The van der Waals surface area contributed by atoms with E-state index in [0.717, 1.165) is 30.7 Å². The second-order valence-corrected chi connectivity index (χ2v) is 6.95. The van der Waals surface area contributed by atoms with E-state index in [1.807, 2.05) is 19.1 Å². The molecule has 0 spiro atoms. The van der Waals surface area contributed by atoms with Crippen molar-refractivity contribution in [1.82, 2.24) is 4.98 Å². The van der Waals surface area contributed by atoms with Gasteiger partial charge in [0.1, 0.15) is 11.9 Å². The van der Waals surface area contributed by atoms with Gasteiger partial charge in [-0.05, 0) is 57.7 Å². The van der Waals surface area contributed by atoms with E-state index < -0.39 is 5.60 Å². The monoisotopic (exact) mass is 335 g/mol. The van der Waals surface area contributed by atoms with E-state index in [1.54, 1.807) is 21.0 Å². The summed E-state index contributed by atoms with van der Waals surface area (Å²) in [7, 11) is 1.72. The van der Waals surface area contributed by atoms with Crippen molar-refractivity contribution in [2.75, 3.05) is 20.3 Å². The maximum Gasteiger partial charge on any atom is 0.213 e. The average Bonchev–Trinajstić information content (AvgIpc) is 2.49. The highest BCUT2D eigenvalue weighted by Crippen LogP contribution is 2.26. The van der Waals surface area contributed by atoms with Crippen LogP contribution in [0, 0.1) is 6.92 Å². The number of methoxy groups -OCH3 is 1. The van der Waals surface area contributed by atoms with Crippen LogP contribution in [0.15, 0.2) is 23.8 Å². The fraction of sp³-hybridized carbons (Fsp3) is 0.632. The lowest BCUT2D eigenvalue weighted by molar-refractivity contribution is 0.0546. The maximum atomic E-state index is 9.70. The lowest BCUT2D eigenvalue weighted by Gasteiger charge is -2.23. The Hall–Kier alpha value is -1.59. The molecular formula is C19H29NO4. The van der Waals surface area contributed by atoms with Crippen LogP contribution in [0.4, 0.5) is 0 Å². The normalized spacial score (nSPS) is 18.2. The van der Waals surface area contributed by atoms with E-state index in [4.69, 9.17) is 14.2 Å². The topological polar surface area (TPSA) is 60.8 Å². The summed E-state index contributed by atoms with van der Waals surface area (Å²) >= 11 is 0. The van der Waals surface area contributed by atoms with Gasteiger partial charge in [0.2, 0.25) is 5.88 Å². The van der Waals surface area contributed by atoms with Crippen LogP contribution >= 0.6 is 0 Å². The Morgan fingerprint density at radius 1 is 1.33 bits per heavy atom. The first-order valence-corrected chi connectivity index (χ1v) is 8.55. The third-order valence-electron chi connectivity index (χ3n) is 3.99. The zero-order valence-electron chi connectivity index (χ0n) is 15.2. The zero-order valence-corrected chi connectivity index (χ0v) is 15.2. The Labute approximate surface area is 144 Å². The summed E-state index contributed by atoms with van der Waals surface area (Å²) in [5, 5.41) is 9.70. The highest BCUT2D eigenvalue weighted by Gasteiger charge is 2.17. The highest BCUT2D eigenvalue weighted by atomic mass is 16.5. The molecule has 1 N–H and O–H groups in total. The molecule has 5 heteroatoms. The molecule has 0 saturated carbocycles. The van der Waals surface area contributed by atoms with Gasteiger partial charge in [-0.15, -0.1) is 0 Å². The lowest BCUT2D eigenvalue weighted by Crippen LogP contribution is -2.22. The number of hydrogen-bond donors (Lipinski definition) is 1. The molecule has 0 saturated heterocycles. The second-order valence-electron chi connectivity index (χ2n) is 6.95. The second kappa shape index (κ2) is 8.49. The molecule has 5 nitrogen and oxygen atoms in total. The molecule has 1 aromatic heterocycles. The number of hydrogen-bond acceptors (Lipinski definition) is 5. The molecule has 1 aliphatic carbocycles. The van der Waals surface area contributed by atoms with Gasteiger partial charge in [-0.2, -0.15) is 0 Å². The summed E-state index contributed by atoms with van der Waals surface area (Å²) in [6, 6.07) is 3.72. The van der Waals surface area contributed by atoms with E-state index in [2.05, 4.69) is 11.1 Å². The molecule has 2 rings (SSSR count). The Morgan fingerprint density at radius 3 is 2.79 bits per heavy atom. The van der Waals surface area contributed by atoms with Crippen molar-refractivity contribution >= 4 is 0 Å². The summed E-state index contributed by atoms with van der Waals surface area (Å²) in [5.74, 6) is 1.34. The Balaban J connectivity index is 1.93. The van der Waals surface area contributed by atoms with Crippen molar-refractivity contribution in [3.8, 4) is 11.6 Å². The van der Waals surface area contributed by atoms with Crippen molar-refractivity contribution in [3.05, 3.63) is 29.5 Å². The SMILES string of the molecule is COCC1=CC(Oc2ccc(OCCC(C)(C)O)nc2C)CCC1. The highest BCUT2D eigenvalue weighted by molar-refractivity contribution is 5.31. The van der Waals surface area contributed by atoms with Gasteiger partial charge in [0.15, 0.2) is 0 Å². The van der Waals surface area contributed by atoms with Crippen LogP contribution in [0.5, 0.6) is 11.6 Å². The molecule has 0 amide bonds. The summed E-state index contributed by atoms with van der Waals surface area (Å²) in [6.07, 6.45) is 6.01. The van der Waals surface area contributed by atoms with Gasteiger partial charge in [-0.25, -0.2) is 4.98 Å². The number of aryl methyl sites for hydroxylation is 1. The number of aromatic nitrogens is 1. The average molecular weight is 335 g/mol. The van der Waals surface area contributed by atoms with Crippen molar-refractivity contribution in [2.24, 2.45) is 0 Å². The van der Waals surface area contributed by atoms with Gasteiger partial charge < -0.3 is 19.3 Å². The van der Waals surface area contributed by atoms with Crippen LogP contribution in [-0.4, -0.2) is 42.1 Å². The largest absolute Gasteiger partial charge is 0.484 e. The molecule has 0 aromatic carbocycles. The summed E-state index contributed by atoms with van der Waals surface area (Å²) in [4.78, 5) is 4.44. The summed E-state index contributed by atoms with van der Waals surface area (Å²) < 4.78 is 16.9. The molecule has 0 bridgehead atoms. The number of aliphatic hydroxyl groups is 1. The van der Waals surface area contributed by atoms with E-state index in [9.17, 15) is 5.11 Å². The number of rotatable bonds is 8. The number of pyridine rings is 1. The van der Waals surface area contributed by atoms with Gasteiger partial charge in [-0.1, -0.05) is 0 Å². The number of ether oxygens (including phenoxy) is 3. The summed E-state index contributed by atoms with van der Waals surface area (Å²) in [5.41, 5.74) is 1.37. The minimum Gasteiger partial charge on any atom is -0.484 e. The first-order valence-electron chi connectivity index (χ1n) is 8.55. The van der Waals surface area contributed by atoms with Crippen LogP contribution in [0.3, 0.4) is 0 Å². The standard InChI is InChI=1S/C19H29NO4/c1-14-17(24-16-7-5-6-15(12-16)13-22-4)8-9-18(20-14)23-11-10-19(2,3)21/h8-9,12,16,21H,5-7,10-11,13H2,1-4H3. The van der Waals surface area contributed by atoms with Gasteiger partial charge in [0, 0.05) is 19.6 Å². The molecule has 1 unspecified atom stereocenters. The molecule has 1 heterocycles. The molecule has 0 radical (unpaired) electrons. The molecule has 134 valence electrons. The van der Waals surface area contributed by atoms with Gasteiger partial charge in [0.25, 0.3) is 0 Å². The predicted molar refractivity (Wildman–Crippen MR) is 93.6 cm³/mol. The Morgan fingerprint density at radius 2 is 2.12 bits per heavy atom. The van der Waals surface area contributed by atoms with Crippen LogP contribution in [0.1, 0.15) is 45.2 Å². The molecular weight excluding hydrogens is 306 g/mol. The van der Waals surface area contributed by atoms with E-state index in [1.165, 1.54) is 5.57 Å². The minimum atomic E-state index is -0.731. The summed E-state index contributed by atoms with van der Waals surface area (Å²) in [6.45, 7) is 6.55. The fourth-order valence-corrected chi connectivity index (χ4v) is 2.66. The zero-order chi connectivity index (χ0) is 17.6. The quantitative estimate of drug-likeness (QED) is 0.738. The lowest BCUT2D eigenvalue weighted by atomic mass is 9.98. The molecule has 0 fully saturated rings. The van der Waals surface area contributed by atoms with Gasteiger partial charge in [0.05, 0.1) is 24.5 Å². The van der Waals surface area contributed by atoms with E-state index in [-0.39, 0.29) is 6.10 Å². The molecule has 1 aromatic rings. The van der Waals surface area contributed by atoms with Gasteiger partial charge >= 0.3 is 0 Å². The van der Waals surface area contributed by atoms with Crippen LogP contribution < -0.4 is 9.47 Å². The van der Waals surface area contributed by atoms with E-state index in [0.29, 0.717) is 25.5 Å².